The first-order valence-corrected chi connectivity index (χ1v) is 11.4. The first kappa shape index (κ1) is 23.1. The Morgan fingerprint density at radius 3 is 1.80 bits per heavy atom. The lowest BCUT2D eigenvalue weighted by atomic mass is 9.97. The third kappa shape index (κ3) is 4.64. The van der Waals surface area contributed by atoms with Crippen LogP contribution in [0, 0.1) is 23.3 Å². The second-order valence-corrected chi connectivity index (χ2v) is 8.49. The third-order valence-corrected chi connectivity index (χ3v) is 6.25. The van der Waals surface area contributed by atoms with Gasteiger partial charge in [0.1, 0.15) is 6.10 Å². The Morgan fingerprint density at radius 1 is 0.686 bits per heavy atom. The first-order chi connectivity index (χ1) is 17.0. The van der Waals surface area contributed by atoms with Crippen LogP contribution in [0.4, 0.5) is 17.6 Å². The third-order valence-electron chi connectivity index (χ3n) is 6.25. The Labute approximate surface area is 201 Å². The zero-order chi connectivity index (χ0) is 24.5. The Kier molecular flexibility index (Phi) is 6.27. The molecule has 4 aromatic rings. The van der Waals surface area contributed by atoms with Gasteiger partial charge in [-0.05, 0) is 28.7 Å². The SMILES string of the molecule is CCc1ccc(-c2ccc(-c3ccc(/C=C/c4ccc(C5CO5)c(F)c4F)cc3)c(F)c2F)cc1. The summed E-state index contributed by atoms with van der Waals surface area (Å²) in [5.74, 6) is -3.63. The van der Waals surface area contributed by atoms with Gasteiger partial charge in [0, 0.05) is 22.3 Å². The molecular weight excluding hydrogens is 452 g/mol. The van der Waals surface area contributed by atoms with E-state index in [0.29, 0.717) is 23.3 Å². The van der Waals surface area contributed by atoms with Crippen LogP contribution in [0.15, 0.2) is 72.8 Å². The van der Waals surface area contributed by atoms with Crippen molar-refractivity contribution in [2.45, 2.75) is 19.4 Å². The summed E-state index contributed by atoms with van der Waals surface area (Å²) in [4.78, 5) is 0. The van der Waals surface area contributed by atoms with Gasteiger partial charge in [-0.25, -0.2) is 17.6 Å². The van der Waals surface area contributed by atoms with Gasteiger partial charge in [0.25, 0.3) is 0 Å². The van der Waals surface area contributed by atoms with Crippen LogP contribution in [0.25, 0.3) is 34.4 Å². The molecule has 1 saturated heterocycles. The topological polar surface area (TPSA) is 12.5 Å². The van der Waals surface area contributed by atoms with Crippen LogP contribution in [0.1, 0.15) is 35.3 Å². The van der Waals surface area contributed by atoms with Crippen LogP contribution in [0.3, 0.4) is 0 Å². The predicted octanol–water partition coefficient (Wildman–Crippen LogP) is 8.38. The van der Waals surface area contributed by atoms with Crippen LogP contribution in [0.2, 0.25) is 0 Å². The van der Waals surface area contributed by atoms with Crippen molar-refractivity contribution >= 4 is 12.2 Å². The zero-order valence-electron chi connectivity index (χ0n) is 19.0. The standard InChI is InChI=1S/C30H22F4O/c1-2-18-3-8-20(9-4-18)23-15-16-24(29(33)28(23)32)21-10-5-19(6-11-21)7-12-22-13-14-25(26-17-35-26)30(34)27(22)31/h3-16,26H,2,17H2,1H3/b12-7+. The molecule has 0 spiro atoms. The van der Waals surface area contributed by atoms with E-state index in [0.717, 1.165) is 12.0 Å². The molecule has 1 aliphatic rings. The Hall–Kier alpha value is -3.70. The molecule has 1 atom stereocenters. The van der Waals surface area contributed by atoms with E-state index in [4.69, 9.17) is 4.74 Å². The molecule has 1 heterocycles. The number of aryl methyl sites for hydroxylation is 1. The highest BCUT2D eigenvalue weighted by Gasteiger charge is 2.29. The van der Waals surface area contributed by atoms with Crippen molar-refractivity contribution in [1.82, 2.24) is 0 Å². The fourth-order valence-corrected chi connectivity index (χ4v) is 4.06. The van der Waals surface area contributed by atoms with E-state index in [1.807, 2.05) is 19.1 Å². The smallest absolute Gasteiger partial charge is 0.167 e. The average molecular weight is 474 g/mol. The summed E-state index contributed by atoms with van der Waals surface area (Å²) in [6.45, 7) is 2.43. The first-order valence-electron chi connectivity index (χ1n) is 11.4. The minimum atomic E-state index is -0.923. The monoisotopic (exact) mass is 474 g/mol. The number of rotatable bonds is 6. The van der Waals surface area contributed by atoms with E-state index in [1.54, 1.807) is 54.6 Å². The number of benzene rings is 4. The second-order valence-electron chi connectivity index (χ2n) is 8.49. The predicted molar refractivity (Wildman–Crippen MR) is 131 cm³/mol. The largest absolute Gasteiger partial charge is 0.368 e. The molecule has 0 N–H and O–H groups in total. The Bertz CT molecular complexity index is 1400. The van der Waals surface area contributed by atoms with Crippen LogP contribution >= 0.6 is 0 Å². The minimum absolute atomic E-state index is 0.117. The Morgan fingerprint density at radius 2 is 1.26 bits per heavy atom. The maximum absolute atomic E-state index is 14.9. The van der Waals surface area contributed by atoms with Crippen LogP contribution in [-0.2, 0) is 11.2 Å². The van der Waals surface area contributed by atoms with Crippen molar-refractivity contribution in [2.24, 2.45) is 0 Å². The number of ether oxygens (including phenoxy) is 1. The molecule has 4 aromatic carbocycles. The van der Waals surface area contributed by atoms with Gasteiger partial charge in [-0.3, -0.25) is 0 Å². The maximum atomic E-state index is 14.9. The van der Waals surface area contributed by atoms with Gasteiger partial charge in [-0.1, -0.05) is 91.9 Å². The molecule has 1 fully saturated rings. The highest BCUT2D eigenvalue weighted by atomic mass is 19.2. The molecule has 0 amide bonds. The summed E-state index contributed by atoms with van der Waals surface area (Å²) in [6.07, 6.45) is 3.62. The zero-order valence-corrected chi connectivity index (χ0v) is 19.0. The highest BCUT2D eigenvalue weighted by molar-refractivity contribution is 5.75. The molecule has 0 radical (unpaired) electrons. The summed E-state index contributed by atoms with van der Waals surface area (Å²) in [6, 6.07) is 20.3. The summed E-state index contributed by atoms with van der Waals surface area (Å²) in [5.41, 5.74) is 3.66. The molecule has 176 valence electrons. The van der Waals surface area contributed by atoms with Gasteiger partial charge in [-0.15, -0.1) is 0 Å². The molecule has 0 saturated carbocycles. The van der Waals surface area contributed by atoms with Crippen molar-refractivity contribution in [3.05, 3.63) is 118 Å². The molecule has 35 heavy (non-hydrogen) atoms. The van der Waals surface area contributed by atoms with Gasteiger partial charge >= 0.3 is 0 Å². The lowest BCUT2D eigenvalue weighted by molar-refractivity contribution is 0.401. The van der Waals surface area contributed by atoms with E-state index < -0.39 is 23.3 Å². The number of epoxide rings is 1. The summed E-state index contributed by atoms with van der Waals surface area (Å²) in [5, 5.41) is 0. The van der Waals surface area contributed by atoms with Gasteiger partial charge < -0.3 is 4.74 Å². The molecule has 0 aliphatic carbocycles. The van der Waals surface area contributed by atoms with Gasteiger partial charge in [-0.2, -0.15) is 0 Å². The lowest BCUT2D eigenvalue weighted by Crippen LogP contribution is -1.95. The van der Waals surface area contributed by atoms with E-state index in [1.165, 1.54) is 18.2 Å². The molecule has 5 heteroatoms. The van der Waals surface area contributed by atoms with Gasteiger partial charge in [0.2, 0.25) is 0 Å². The van der Waals surface area contributed by atoms with Crippen LogP contribution in [0.5, 0.6) is 0 Å². The Balaban J connectivity index is 1.37. The van der Waals surface area contributed by atoms with Crippen molar-refractivity contribution < 1.29 is 22.3 Å². The molecule has 0 aromatic heterocycles. The number of halogens is 4. The molecule has 1 nitrogen and oxygen atoms in total. The highest BCUT2D eigenvalue weighted by Crippen LogP contribution is 2.34. The number of hydrogen-bond donors (Lipinski definition) is 0. The quantitative estimate of drug-likeness (QED) is 0.155. The maximum Gasteiger partial charge on any atom is 0.167 e. The van der Waals surface area contributed by atoms with Crippen LogP contribution < -0.4 is 0 Å². The van der Waals surface area contributed by atoms with Crippen molar-refractivity contribution in [3.63, 3.8) is 0 Å². The van der Waals surface area contributed by atoms with Crippen molar-refractivity contribution in [1.29, 1.82) is 0 Å². The van der Waals surface area contributed by atoms with E-state index >= 15 is 0 Å². The number of hydrogen-bond acceptors (Lipinski definition) is 1. The normalized spacial score (nSPS) is 15.1. The van der Waals surface area contributed by atoms with E-state index in [-0.39, 0.29) is 28.4 Å². The molecule has 5 rings (SSSR count). The van der Waals surface area contributed by atoms with Gasteiger partial charge in [0.15, 0.2) is 23.3 Å². The molecule has 1 unspecified atom stereocenters. The van der Waals surface area contributed by atoms with Crippen LogP contribution in [-0.4, -0.2) is 6.61 Å². The lowest BCUT2D eigenvalue weighted by Gasteiger charge is -2.10. The molecule has 1 aliphatic heterocycles. The van der Waals surface area contributed by atoms with Crippen molar-refractivity contribution in [3.8, 4) is 22.3 Å². The summed E-state index contributed by atoms with van der Waals surface area (Å²) >= 11 is 0. The minimum Gasteiger partial charge on any atom is -0.368 e. The fraction of sp³-hybridized carbons (Fsp3) is 0.133. The molecular formula is C30H22F4O. The summed E-state index contributed by atoms with van der Waals surface area (Å²) in [7, 11) is 0. The van der Waals surface area contributed by atoms with Gasteiger partial charge in [0.05, 0.1) is 6.61 Å². The summed E-state index contributed by atoms with van der Waals surface area (Å²) < 4.78 is 63.4. The average Bonchev–Trinajstić information content (AvgIpc) is 3.72. The fourth-order valence-electron chi connectivity index (χ4n) is 4.06. The van der Waals surface area contributed by atoms with Crippen molar-refractivity contribution in [2.75, 3.05) is 6.61 Å². The molecule has 0 bridgehead atoms. The van der Waals surface area contributed by atoms with E-state index in [9.17, 15) is 17.6 Å². The second kappa shape index (κ2) is 9.51. The van der Waals surface area contributed by atoms with E-state index in [2.05, 4.69) is 0 Å².